The van der Waals surface area contributed by atoms with E-state index in [4.69, 9.17) is 4.74 Å². The van der Waals surface area contributed by atoms with Gasteiger partial charge in [0.1, 0.15) is 0 Å². The molecule has 0 aromatic carbocycles. The van der Waals surface area contributed by atoms with Gasteiger partial charge in [-0.3, -0.25) is 0 Å². The molecule has 1 heterocycles. The monoisotopic (exact) mass is 200 g/mol. The van der Waals surface area contributed by atoms with Crippen LogP contribution in [0, 0.1) is 0 Å². The summed E-state index contributed by atoms with van der Waals surface area (Å²) >= 11 is 0. The molecule has 0 spiro atoms. The molecule has 2 amide bonds. The van der Waals surface area contributed by atoms with Crippen molar-refractivity contribution in [2.45, 2.75) is 26.3 Å². The Hall–Kier alpha value is -0.770. The first-order valence-electron chi connectivity index (χ1n) is 5.03. The standard InChI is InChI=1S/C10H20N2O2/c1-10(2,3)11(4)9(13)12-5-7-14-8-6-12/h5-8H2,1-4H3. The molecule has 0 N–H and O–H groups in total. The molecule has 0 radical (unpaired) electrons. The van der Waals surface area contributed by atoms with Crippen LogP contribution in [0.4, 0.5) is 4.79 Å². The Kier molecular flexibility index (Phi) is 3.37. The van der Waals surface area contributed by atoms with Crippen LogP contribution in [-0.2, 0) is 4.74 Å². The zero-order valence-electron chi connectivity index (χ0n) is 9.54. The molecule has 1 saturated heterocycles. The number of rotatable bonds is 0. The molecule has 0 saturated carbocycles. The molecule has 0 bridgehead atoms. The molecule has 0 unspecified atom stereocenters. The Labute approximate surface area is 85.8 Å². The van der Waals surface area contributed by atoms with E-state index < -0.39 is 0 Å². The predicted octanol–water partition coefficient (Wildman–Crippen LogP) is 1.17. The van der Waals surface area contributed by atoms with Gasteiger partial charge in [0.05, 0.1) is 13.2 Å². The van der Waals surface area contributed by atoms with Crippen LogP contribution < -0.4 is 0 Å². The second kappa shape index (κ2) is 4.17. The van der Waals surface area contributed by atoms with E-state index in [0.29, 0.717) is 26.3 Å². The molecular formula is C10H20N2O2. The minimum Gasteiger partial charge on any atom is -0.378 e. The van der Waals surface area contributed by atoms with Crippen LogP contribution in [0.3, 0.4) is 0 Å². The number of amides is 2. The fourth-order valence-corrected chi connectivity index (χ4v) is 1.25. The molecule has 0 atom stereocenters. The van der Waals surface area contributed by atoms with Crippen LogP contribution in [0.5, 0.6) is 0 Å². The predicted molar refractivity (Wildman–Crippen MR) is 55.3 cm³/mol. The van der Waals surface area contributed by atoms with Crippen LogP contribution in [0.25, 0.3) is 0 Å². The number of hydrogen-bond acceptors (Lipinski definition) is 2. The molecule has 4 heteroatoms. The van der Waals surface area contributed by atoms with Crippen LogP contribution >= 0.6 is 0 Å². The highest BCUT2D eigenvalue weighted by Crippen LogP contribution is 2.13. The number of hydrogen-bond donors (Lipinski definition) is 0. The number of urea groups is 1. The molecule has 14 heavy (non-hydrogen) atoms. The molecule has 0 aromatic rings. The lowest BCUT2D eigenvalue weighted by atomic mass is 10.1. The van der Waals surface area contributed by atoms with E-state index in [1.54, 1.807) is 4.90 Å². The highest BCUT2D eigenvalue weighted by molar-refractivity contribution is 5.75. The summed E-state index contributed by atoms with van der Waals surface area (Å²) in [6.45, 7) is 8.83. The first-order chi connectivity index (χ1) is 6.43. The lowest BCUT2D eigenvalue weighted by Gasteiger charge is -2.37. The number of carbonyl (C=O) groups is 1. The number of morpholine rings is 1. The van der Waals surface area contributed by atoms with Gasteiger partial charge in [-0.2, -0.15) is 0 Å². The molecule has 4 nitrogen and oxygen atoms in total. The van der Waals surface area contributed by atoms with E-state index in [2.05, 4.69) is 0 Å². The SMILES string of the molecule is CN(C(=O)N1CCOCC1)C(C)(C)C. The normalized spacial score (nSPS) is 18.1. The van der Waals surface area contributed by atoms with Gasteiger partial charge in [0.2, 0.25) is 0 Å². The largest absolute Gasteiger partial charge is 0.378 e. The topological polar surface area (TPSA) is 32.8 Å². The van der Waals surface area contributed by atoms with Gasteiger partial charge in [0, 0.05) is 25.7 Å². The second-order valence-electron chi connectivity index (χ2n) is 4.61. The third-order valence-electron chi connectivity index (χ3n) is 2.57. The molecule has 82 valence electrons. The fraction of sp³-hybridized carbons (Fsp3) is 0.900. The second-order valence-corrected chi connectivity index (χ2v) is 4.61. The summed E-state index contributed by atoms with van der Waals surface area (Å²) in [6, 6.07) is 0.0980. The van der Waals surface area contributed by atoms with Crippen LogP contribution in [0.15, 0.2) is 0 Å². The maximum atomic E-state index is 11.9. The quantitative estimate of drug-likeness (QED) is 0.588. The molecule has 1 aliphatic heterocycles. The van der Waals surface area contributed by atoms with Crippen molar-refractivity contribution < 1.29 is 9.53 Å². The Morgan fingerprint density at radius 2 is 1.79 bits per heavy atom. The highest BCUT2D eigenvalue weighted by Gasteiger charge is 2.27. The number of ether oxygens (including phenoxy) is 1. The van der Waals surface area contributed by atoms with Gasteiger partial charge in [-0.25, -0.2) is 4.79 Å². The first-order valence-corrected chi connectivity index (χ1v) is 5.03. The van der Waals surface area contributed by atoms with Crippen LogP contribution in [0.1, 0.15) is 20.8 Å². The van der Waals surface area contributed by atoms with Gasteiger partial charge in [0.15, 0.2) is 0 Å². The van der Waals surface area contributed by atoms with E-state index in [0.717, 1.165) is 0 Å². The summed E-state index contributed by atoms with van der Waals surface area (Å²) in [4.78, 5) is 15.6. The number of nitrogens with zero attached hydrogens (tertiary/aromatic N) is 2. The van der Waals surface area contributed by atoms with Gasteiger partial charge in [-0.05, 0) is 20.8 Å². The van der Waals surface area contributed by atoms with Crippen molar-refractivity contribution in [2.75, 3.05) is 33.4 Å². The molecule has 1 fully saturated rings. The third kappa shape index (κ3) is 2.61. The van der Waals surface area contributed by atoms with Crippen molar-refractivity contribution in [1.82, 2.24) is 9.80 Å². The van der Waals surface area contributed by atoms with E-state index in [1.807, 2.05) is 32.7 Å². The molecule has 1 aliphatic rings. The summed E-state index contributed by atoms with van der Waals surface area (Å²) in [5, 5.41) is 0. The van der Waals surface area contributed by atoms with E-state index in [1.165, 1.54) is 0 Å². The zero-order chi connectivity index (χ0) is 10.8. The van der Waals surface area contributed by atoms with Gasteiger partial charge in [-0.15, -0.1) is 0 Å². The molecule has 0 aromatic heterocycles. The summed E-state index contributed by atoms with van der Waals surface area (Å²) in [5.74, 6) is 0. The molecule has 1 rings (SSSR count). The fourth-order valence-electron chi connectivity index (χ4n) is 1.25. The first kappa shape index (κ1) is 11.3. The maximum Gasteiger partial charge on any atom is 0.320 e. The lowest BCUT2D eigenvalue weighted by Crippen LogP contribution is -2.52. The summed E-state index contributed by atoms with van der Waals surface area (Å²) < 4.78 is 5.20. The zero-order valence-corrected chi connectivity index (χ0v) is 9.54. The van der Waals surface area contributed by atoms with Crippen molar-refractivity contribution in [3.63, 3.8) is 0 Å². The van der Waals surface area contributed by atoms with E-state index in [-0.39, 0.29) is 11.6 Å². The summed E-state index contributed by atoms with van der Waals surface area (Å²) in [5.41, 5.74) is -0.116. The summed E-state index contributed by atoms with van der Waals surface area (Å²) in [6.07, 6.45) is 0. The highest BCUT2D eigenvalue weighted by atomic mass is 16.5. The van der Waals surface area contributed by atoms with Crippen LogP contribution in [-0.4, -0.2) is 54.7 Å². The molecule has 0 aliphatic carbocycles. The minimum atomic E-state index is -0.116. The Morgan fingerprint density at radius 1 is 1.29 bits per heavy atom. The van der Waals surface area contributed by atoms with Gasteiger partial charge in [0.25, 0.3) is 0 Å². The van der Waals surface area contributed by atoms with Gasteiger partial charge < -0.3 is 14.5 Å². The van der Waals surface area contributed by atoms with Crippen LogP contribution in [0.2, 0.25) is 0 Å². The van der Waals surface area contributed by atoms with Crippen molar-refractivity contribution in [3.05, 3.63) is 0 Å². The average molecular weight is 200 g/mol. The van der Waals surface area contributed by atoms with Gasteiger partial charge in [-0.1, -0.05) is 0 Å². The minimum absolute atomic E-state index is 0.0980. The van der Waals surface area contributed by atoms with Crippen molar-refractivity contribution in [2.24, 2.45) is 0 Å². The van der Waals surface area contributed by atoms with Crippen molar-refractivity contribution >= 4 is 6.03 Å². The Morgan fingerprint density at radius 3 is 2.21 bits per heavy atom. The average Bonchev–Trinajstić information content (AvgIpc) is 2.15. The maximum absolute atomic E-state index is 11.9. The third-order valence-corrected chi connectivity index (χ3v) is 2.57. The Bertz CT molecular complexity index is 205. The van der Waals surface area contributed by atoms with E-state index >= 15 is 0 Å². The smallest absolute Gasteiger partial charge is 0.320 e. The lowest BCUT2D eigenvalue weighted by molar-refractivity contribution is 0.0379. The van der Waals surface area contributed by atoms with Crippen molar-refractivity contribution in [3.8, 4) is 0 Å². The summed E-state index contributed by atoms with van der Waals surface area (Å²) in [7, 11) is 1.85. The van der Waals surface area contributed by atoms with Gasteiger partial charge >= 0.3 is 6.03 Å². The Balaban J connectivity index is 2.55. The number of carbonyl (C=O) groups excluding carboxylic acids is 1. The van der Waals surface area contributed by atoms with Crippen molar-refractivity contribution in [1.29, 1.82) is 0 Å². The van der Waals surface area contributed by atoms with E-state index in [9.17, 15) is 4.79 Å². The molecular weight excluding hydrogens is 180 g/mol.